The molecule has 2 aromatic carbocycles. The first-order valence-electron chi connectivity index (χ1n) is 7.09. The molecule has 5 heteroatoms. The van der Waals surface area contributed by atoms with Crippen molar-refractivity contribution in [3.8, 4) is 5.75 Å². The lowest BCUT2D eigenvalue weighted by Crippen LogP contribution is -2.15. The highest BCUT2D eigenvalue weighted by atomic mass is 35.5. The fraction of sp³-hybridized carbons (Fsp3) is 0.235. The zero-order chi connectivity index (χ0) is 15.5. The number of aryl methyl sites for hydroxylation is 1. The summed E-state index contributed by atoms with van der Waals surface area (Å²) < 4.78 is 6.93. The Morgan fingerprint density at radius 3 is 2.77 bits per heavy atom. The number of ether oxygens (including phenoxy) is 1. The van der Waals surface area contributed by atoms with Crippen LogP contribution in [0.15, 0.2) is 42.5 Å². The zero-order valence-corrected chi connectivity index (χ0v) is 13.3. The van der Waals surface area contributed by atoms with Crippen LogP contribution in [0.5, 0.6) is 5.75 Å². The van der Waals surface area contributed by atoms with E-state index >= 15 is 0 Å². The van der Waals surface area contributed by atoms with Crippen molar-refractivity contribution in [2.45, 2.75) is 13.3 Å². The minimum Gasteiger partial charge on any atom is -0.495 e. The second kappa shape index (κ2) is 6.28. The largest absolute Gasteiger partial charge is 0.495 e. The fourth-order valence-electron chi connectivity index (χ4n) is 2.41. The van der Waals surface area contributed by atoms with Crippen molar-refractivity contribution in [3.05, 3.63) is 58.9 Å². The minimum absolute atomic E-state index is 0.545. The van der Waals surface area contributed by atoms with Gasteiger partial charge in [0.15, 0.2) is 0 Å². The lowest BCUT2D eigenvalue weighted by Gasteiger charge is -2.10. The topological polar surface area (TPSA) is 36.3 Å². The van der Waals surface area contributed by atoms with Crippen LogP contribution < -0.4 is 9.57 Å². The number of methoxy groups -OCH3 is 1. The second-order valence-corrected chi connectivity index (χ2v) is 5.40. The number of aromatic nitrogens is 2. The van der Waals surface area contributed by atoms with Gasteiger partial charge in [-0.05, 0) is 36.8 Å². The van der Waals surface area contributed by atoms with Crippen LogP contribution >= 0.6 is 11.6 Å². The van der Waals surface area contributed by atoms with Gasteiger partial charge in [-0.25, -0.2) is 4.98 Å². The molecule has 0 bridgehead atoms. The molecule has 114 valence electrons. The van der Waals surface area contributed by atoms with Gasteiger partial charge in [0.25, 0.3) is 0 Å². The summed E-state index contributed by atoms with van der Waals surface area (Å²) >= 11 is 6.13. The summed E-state index contributed by atoms with van der Waals surface area (Å²) in [6.45, 7) is 2.48. The third-order valence-electron chi connectivity index (χ3n) is 3.50. The van der Waals surface area contributed by atoms with E-state index in [2.05, 4.69) is 4.98 Å². The number of halogens is 1. The van der Waals surface area contributed by atoms with Crippen LogP contribution in [0.4, 0.5) is 0 Å². The molecule has 1 aromatic heterocycles. The molecule has 3 aromatic rings. The van der Waals surface area contributed by atoms with E-state index in [-0.39, 0.29) is 0 Å². The zero-order valence-electron chi connectivity index (χ0n) is 12.5. The molecule has 4 nitrogen and oxygen atoms in total. The van der Waals surface area contributed by atoms with Gasteiger partial charge < -0.3 is 9.57 Å². The molecule has 0 unspecified atom stereocenters. The average molecular weight is 317 g/mol. The first-order valence-corrected chi connectivity index (χ1v) is 7.46. The van der Waals surface area contributed by atoms with Crippen LogP contribution in [0.3, 0.4) is 0 Å². The predicted molar refractivity (Wildman–Crippen MR) is 87.6 cm³/mol. The van der Waals surface area contributed by atoms with Gasteiger partial charge in [-0.1, -0.05) is 29.8 Å². The molecule has 22 heavy (non-hydrogen) atoms. The monoisotopic (exact) mass is 316 g/mol. The first-order chi connectivity index (χ1) is 10.7. The number of hydrogen-bond acceptors (Lipinski definition) is 3. The Morgan fingerprint density at radius 2 is 2.00 bits per heavy atom. The Hall–Kier alpha value is -2.20. The number of imidazole rings is 1. The number of hydrogen-bond donors (Lipinski definition) is 0. The Labute approximate surface area is 134 Å². The SMILES string of the molecule is COc1ccc(CCOn2c(C)nc3ccccc32)cc1Cl. The predicted octanol–water partition coefficient (Wildman–Crippen LogP) is 3.68. The van der Waals surface area contributed by atoms with E-state index in [9.17, 15) is 0 Å². The lowest BCUT2D eigenvalue weighted by atomic mass is 10.1. The van der Waals surface area contributed by atoms with Gasteiger partial charge in [0, 0.05) is 6.42 Å². The van der Waals surface area contributed by atoms with Crippen molar-refractivity contribution in [2.24, 2.45) is 0 Å². The maximum absolute atomic E-state index is 6.13. The van der Waals surface area contributed by atoms with Crippen LogP contribution in [-0.2, 0) is 6.42 Å². The van der Waals surface area contributed by atoms with E-state index < -0.39 is 0 Å². The van der Waals surface area contributed by atoms with Crippen LogP contribution in [-0.4, -0.2) is 23.4 Å². The Kier molecular flexibility index (Phi) is 4.20. The molecule has 0 fully saturated rings. The third kappa shape index (κ3) is 2.88. The Morgan fingerprint density at radius 1 is 1.18 bits per heavy atom. The summed E-state index contributed by atoms with van der Waals surface area (Å²) in [6.07, 6.45) is 0.760. The number of para-hydroxylation sites is 2. The summed E-state index contributed by atoms with van der Waals surface area (Å²) in [5, 5.41) is 0.615. The highest BCUT2D eigenvalue weighted by Crippen LogP contribution is 2.25. The van der Waals surface area contributed by atoms with Gasteiger partial charge >= 0.3 is 0 Å². The maximum atomic E-state index is 6.13. The van der Waals surface area contributed by atoms with Crippen LogP contribution in [0.2, 0.25) is 5.02 Å². The van der Waals surface area contributed by atoms with Crippen LogP contribution in [0, 0.1) is 6.92 Å². The molecule has 0 aliphatic heterocycles. The lowest BCUT2D eigenvalue weighted by molar-refractivity contribution is 0.117. The van der Waals surface area contributed by atoms with E-state index in [1.807, 2.05) is 49.4 Å². The highest BCUT2D eigenvalue weighted by Gasteiger charge is 2.08. The highest BCUT2D eigenvalue weighted by molar-refractivity contribution is 6.32. The molecule has 0 spiro atoms. The molecule has 0 saturated heterocycles. The molecule has 0 aliphatic carbocycles. The van der Waals surface area contributed by atoms with Gasteiger partial charge in [-0.15, -0.1) is 0 Å². The van der Waals surface area contributed by atoms with E-state index in [0.717, 1.165) is 28.8 Å². The second-order valence-electron chi connectivity index (χ2n) is 4.99. The smallest absolute Gasteiger partial charge is 0.143 e. The number of nitrogens with zero attached hydrogens (tertiary/aromatic N) is 2. The van der Waals surface area contributed by atoms with Gasteiger partial charge in [0.2, 0.25) is 0 Å². The molecule has 0 amide bonds. The molecule has 0 radical (unpaired) electrons. The summed E-state index contributed by atoms with van der Waals surface area (Å²) in [5.74, 6) is 1.52. The van der Waals surface area contributed by atoms with Crippen molar-refractivity contribution >= 4 is 22.6 Å². The minimum atomic E-state index is 0.545. The Bertz CT molecular complexity index is 798. The summed E-state index contributed by atoms with van der Waals surface area (Å²) in [4.78, 5) is 10.3. The van der Waals surface area contributed by atoms with Crippen LogP contribution in [0.1, 0.15) is 11.4 Å². The van der Waals surface area contributed by atoms with Gasteiger partial charge in [0.05, 0.1) is 17.6 Å². The van der Waals surface area contributed by atoms with Crippen molar-refractivity contribution in [2.75, 3.05) is 13.7 Å². The molecule has 3 rings (SSSR count). The summed E-state index contributed by atoms with van der Waals surface area (Å²) in [6, 6.07) is 13.7. The molecule has 0 atom stereocenters. The third-order valence-corrected chi connectivity index (χ3v) is 3.80. The van der Waals surface area contributed by atoms with E-state index in [0.29, 0.717) is 17.4 Å². The molecular weight excluding hydrogens is 300 g/mol. The van der Waals surface area contributed by atoms with E-state index in [1.54, 1.807) is 11.8 Å². The maximum Gasteiger partial charge on any atom is 0.143 e. The standard InChI is InChI=1S/C17H17ClN2O2/c1-12-19-15-5-3-4-6-16(15)20(12)22-10-9-13-7-8-17(21-2)14(18)11-13/h3-8,11H,9-10H2,1-2H3. The number of fused-ring (bicyclic) bond motifs is 1. The van der Waals surface area contributed by atoms with Gasteiger partial charge in [-0.2, -0.15) is 4.73 Å². The van der Waals surface area contributed by atoms with Crippen molar-refractivity contribution < 1.29 is 9.57 Å². The van der Waals surface area contributed by atoms with E-state index in [1.165, 1.54) is 0 Å². The fourth-order valence-corrected chi connectivity index (χ4v) is 2.69. The number of rotatable bonds is 5. The first kappa shape index (κ1) is 14.7. The molecule has 0 N–H and O–H groups in total. The van der Waals surface area contributed by atoms with Gasteiger partial charge in [0.1, 0.15) is 23.7 Å². The molecular formula is C17H17ClN2O2. The summed E-state index contributed by atoms with van der Waals surface area (Å²) in [7, 11) is 1.61. The molecule has 1 heterocycles. The van der Waals surface area contributed by atoms with Gasteiger partial charge in [-0.3, -0.25) is 0 Å². The van der Waals surface area contributed by atoms with Crippen molar-refractivity contribution in [1.29, 1.82) is 0 Å². The van der Waals surface area contributed by atoms with Crippen LogP contribution in [0.25, 0.3) is 11.0 Å². The Balaban J connectivity index is 1.70. The number of benzene rings is 2. The quantitative estimate of drug-likeness (QED) is 0.720. The average Bonchev–Trinajstić information content (AvgIpc) is 2.83. The van der Waals surface area contributed by atoms with Crippen molar-refractivity contribution in [1.82, 2.24) is 9.71 Å². The molecule has 0 saturated carbocycles. The molecule has 0 aliphatic rings. The normalized spacial score (nSPS) is 10.9. The van der Waals surface area contributed by atoms with E-state index in [4.69, 9.17) is 21.2 Å². The van der Waals surface area contributed by atoms with Crippen molar-refractivity contribution in [3.63, 3.8) is 0 Å². The summed E-state index contributed by atoms with van der Waals surface area (Å²) in [5.41, 5.74) is 3.02.